The SMILES string of the molecule is CC(C)(C)NC(=O)[C@H](Cc1ccccc1)N(Cc1ccc(Cl)c(Cl)c1)C(=O)COc1ccc(Cl)cc1Br. The third kappa shape index (κ3) is 8.92. The van der Waals surface area contributed by atoms with Crippen LogP contribution >= 0.6 is 50.7 Å². The largest absolute Gasteiger partial charge is 0.483 e. The van der Waals surface area contributed by atoms with Crippen LogP contribution in [0.3, 0.4) is 0 Å². The van der Waals surface area contributed by atoms with E-state index >= 15 is 0 Å². The molecule has 2 amide bonds. The number of carbonyl (C=O) groups is 2. The molecule has 0 aliphatic rings. The smallest absolute Gasteiger partial charge is 0.261 e. The predicted octanol–water partition coefficient (Wildman–Crippen LogP) is 7.34. The number of halogens is 4. The minimum atomic E-state index is -0.805. The molecular formula is C28H28BrCl3N2O3. The number of nitrogens with zero attached hydrogens (tertiary/aromatic N) is 1. The molecule has 0 saturated heterocycles. The van der Waals surface area contributed by atoms with Gasteiger partial charge in [-0.1, -0.05) is 71.2 Å². The van der Waals surface area contributed by atoms with Gasteiger partial charge in [0.1, 0.15) is 11.8 Å². The van der Waals surface area contributed by atoms with E-state index in [1.54, 1.807) is 36.4 Å². The first kappa shape index (κ1) is 29.3. The summed E-state index contributed by atoms with van der Waals surface area (Å²) in [6.45, 7) is 5.55. The van der Waals surface area contributed by atoms with E-state index in [2.05, 4.69) is 21.2 Å². The summed E-state index contributed by atoms with van der Waals surface area (Å²) in [5, 5.41) is 4.34. The van der Waals surface area contributed by atoms with E-state index in [9.17, 15) is 9.59 Å². The molecule has 3 aromatic rings. The summed E-state index contributed by atoms with van der Waals surface area (Å²) in [7, 11) is 0. The molecule has 0 aliphatic heterocycles. The molecule has 0 fully saturated rings. The normalized spacial score (nSPS) is 12.1. The van der Waals surface area contributed by atoms with Gasteiger partial charge in [-0.15, -0.1) is 0 Å². The topological polar surface area (TPSA) is 58.6 Å². The Balaban J connectivity index is 1.96. The van der Waals surface area contributed by atoms with Crippen LogP contribution in [0.2, 0.25) is 15.1 Å². The summed E-state index contributed by atoms with van der Waals surface area (Å²) >= 11 is 21.8. The molecule has 0 bridgehead atoms. The van der Waals surface area contributed by atoms with Crippen molar-refractivity contribution >= 4 is 62.5 Å². The van der Waals surface area contributed by atoms with Crippen molar-refractivity contribution in [2.75, 3.05) is 6.61 Å². The molecule has 9 heteroatoms. The second-order valence-corrected chi connectivity index (χ2v) is 11.7. The predicted molar refractivity (Wildman–Crippen MR) is 153 cm³/mol. The van der Waals surface area contributed by atoms with Crippen LogP contribution in [0.25, 0.3) is 0 Å². The van der Waals surface area contributed by atoms with Crippen molar-refractivity contribution in [1.82, 2.24) is 10.2 Å². The van der Waals surface area contributed by atoms with E-state index in [1.807, 2.05) is 51.1 Å². The van der Waals surface area contributed by atoms with E-state index in [-0.39, 0.29) is 25.0 Å². The molecule has 0 unspecified atom stereocenters. The first-order chi connectivity index (χ1) is 17.4. The van der Waals surface area contributed by atoms with Crippen LogP contribution in [-0.4, -0.2) is 34.9 Å². The second-order valence-electron chi connectivity index (χ2n) is 9.58. The van der Waals surface area contributed by atoms with Gasteiger partial charge in [0.15, 0.2) is 6.61 Å². The summed E-state index contributed by atoms with van der Waals surface area (Å²) < 4.78 is 6.44. The summed E-state index contributed by atoms with van der Waals surface area (Å²) in [5.74, 6) is -0.165. The van der Waals surface area contributed by atoms with Gasteiger partial charge in [0.2, 0.25) is 5.91 Å². The Kier molecular flexibility index (Phi) is 10.3. The Bertz CT molecular complexity index is 1250. The number of amides is 2. The number of carbonyl (C=O) groups excluding carboxylic acids is 2. The molecule has 1 atom stereocenters. The highest BCUT2D eigenvalue weighted by atomic mass is 79.9. The van der Waals surface area contributed by atoms with Gasteiger partial charge in [-0.3, -0.25) is 9.59 Å². The van der Waals surface area contributed by atoms with Gasteiger partial charge in [-0.25, -0.2) is 0 Å². The molecule has 5 nitrogen and oxygen atoms in total. The van der Waals surface area contributed by atoms with Crippen molar-refractivity contribution in [2.45, 2.75) is 45.3 Å². The van der Waals surface area contributed by atoms with Crippen LogP contribution in [0, 0.1) is 0 Å². The van der Waals surface area contributed by atoms with E-state index < -0.39 is 11.6 Å². The molecule has 0 heterocycles. The average Bonchev–Trinajstić information content (AvgIpc) is 2.82. The van der Waals surface area contributed by atoms with Crippen LogP contribution in [0.15, 0.2) is 71.2 Å². The Morgan fingerprint density at radius 1 is 0.946 bits per heavy atom. The van der Waals surface area contributed by atoms with Crippen LogP contribution in [0.5, 0.6) is 5.75 Å². The Hall–Kier alpha value is -2.25. The number of hydrogen-bond donors (Lipinski definition) is 1. The number of rotatable bonds is 9. The standard InChI is InChI=1S/C28H28BrCl3N2O3/c1-28(2,3)33-27(36)24(14-18-7-5-4-6-8-18)34(16-19-9-11-22(31)23(32)13-19)26(35)17-37-25-12-10-20(30)15-21(25)29/h4-13,15,24H,14,16-17H2,1-3H3,(H,33,36)/t24-/m0/s1. The summed E-state index contributed by atoms with van der Waals surface area (Å²) in [6.07, 6.45) is 0.320. The van der Waals surface area contributed by atoms with Crippen molar-refractivity contribution in [3.05, 3.63) is 97.4 Å². The van der Waals surface area contributed by atoms with Gasteiger partial charge < -0.3 is 15.0 Å². The molecule has 0 saturated carbocycles. The highest BCUT2D eigenvalue weighted by Gasteiger charge is 2.32. The molecule has 0 spiro atoms. The molecule has 1 N–H and O–H groups in total. The average molecular weight is 627 g/mol. The van der Waals surface area contributed by atoms with E-state index in [4.69, 9.17) is 39.5 Å². The van der Waals surface area contributed by atoms with Crippen LogP contribution in [0.1, 0.15) is 31.9 Å². The fraction of sp³-hybridized carbons (Fsp3) is 0.286. The molecule has 37 heavy (non-hydrogen) atoms. The highest BCUT2D eigenvalue weighted by molar-refractivity contribution is 9.10. The van der Waals surface area contributed by atoms with Gasteiger partial charge >= 0.3 is 0 Å². The zero-order chi connectivity index (χ0) is 27.2. The van der Waals surface area contributed by atoms with Crippen LogP contribution in [-0.2, 0) is 22.6 Å². The van der Waals surface area contributed by atoms with E-state index in [1.165, 1.54) is 4.90 Å². The quantitative estimate of drug-likeness (QED) is 0.270. The van der Waals surface area contributed by atoms with Crippen molar-refractivity contribution in [3.63, 3.8) is 0 Å². The van der Waals surface area contributed by atoms with Crippen LogP contribution in [0.4, 0.5) is 0 Å². The number of nitrogens with one attached hydrogen (secondary N) is 1. The summed E-state index contributed by atoms with van der Waals surface area (Å²) in [4.78, 5) is 28.8. The molecule has 0 aliphatic carbocycles. The van der Waals surface area contributed by atoms with Crippen molar-refractivity contribution in [2.24, 2.45) is 0 Å². The van der Waals surface area contributed by atoms with Crippen LogP contribution < -0.4 is 10.1 Å². The molecule has 196 valence electrons. The van der Waals surface area contributed by atoms with E-state index in [0.29, 0.717) is 31.7 Å². The fourth-order valence-electron chi connectivity index (χ4n) is 3.66. The maximum absolute atomic E-state index is 13.7. The Labute approximate surface area is 241 Å². The Morgan fingerprint density at radius 2 is 1.65 bits per heavy atom. The number of hydrogen-bond acceptors (Lipinski definition) is 3. The third-order valence-electron chi connectivity index (χ3n) is 5.35. The number of ether oxygens (including phenoxy) is 1. The minimum Gasteiger partial charge on any atom is -0.483 e. The van der Waals surface area contributed by atoms with Crippen molar-refractivity contribution in [1.29, 1.82) is 0 Å². The lowest BCUT2D eigenvalue weighted by molar-refractivity contribution is -0.143. The first-order valence-electron chi connectivity index (χ1n) is 11.6. The Morgan fingerprint density at radius 3 is 2.27 bits per heavy atom. The van der Waals surface area contributed by atoms with Gasteiger partial charge in [0, 0.05) is 23.5 Å². The van der Waals surface area contributed by atoms with Crippen molar-refractivity contribution in [3.8, 4) is 5.75 Å². The van der Waals surface area contributed by atoms with Gasteiger partial charge in [0.25, 0.3) is 5.91 Å². The summed E-state index contributed by atoms with van der Waals surface area (Å²) in [5.41, 5.74) is 1.16. The maximum Gasteiger partial charge on any atom is 0.261 e. The first-order valence-corrected chi connectivity index (χ1v) is 13.5. The lowest BCUT2D eigenvalue weighted by atomic mass is 10.0. The monoisotopic (exact) mass is 624 g/mol. The molecule has 3 rings (SSSR count). The van der Waals surface area contributed by atoms with Gasteiger partial charge in [0.05, 0.1) is 14.5 Å². The fourth-order valence-corrected chi connectivity index (χ4v) is 4.77. The van der Waals surface area contributed by atoms with Gasteiger partial charge in [-0.2, -0.15) is 0 Å². The third-order valence-corrected chi connectivity index (χ3v) is 6.95. The maximum atomic E-state index is 13.7. The van der Waals surface area contributed by atoms with E-state index in [0.717, 1.165) is 11.1 Å². The molecule has 0 aromatic heterocycles. The van der Waals surface area contributed by atoms with Gasteiger partial charge in [-0.05, 0) is 78.2 Å². The zero-order valence-corrected chi connectivity index (χ0v) is 24.6. The number of benzene rings is 3. The minimum absolute atomic E-state index is 0.135. The second kappa shape index (κ2) is 13.0. The summed E-state index contributed by atoms with van der Waals surface area (Å²) in [6, 6.07) is 19.0. The lowest BCUT2D eigenvalue weighted by Crippen LogP contribution is -2.55. The zero-order valence-electron chi connectivity index (χ0n) is 20.7. The molecule has 3 aromatic carbocycles. The molecule has 0 radical (unpaired) electrons. The van der Waals surface area contributed by atoms with Crippen molar-refractivity contribution < 1.29 is 14.3 Å². The highest BCUT2D eigenvalue weighted by Crippen LogP contribution is 2.28. The lowest BCUT2D eigenvalue weighted by Gasteiger charge is -2.34. The molecular weight excluding hydrogens is 599 g/mol.